The highest BCUT2D eigenvalue weighted by Gasteiger charge is 2.19. The molecule has 0 aliphatic rings. The van der Waals surface area contributed by atoms with E-state index in [1.165, 1.54) is 116 Å². The van der Waals surface area contributed by atoms with Crippen LogP contribution < -0.4 is 0 Å². The van der Waals surface area contributed by atoms with E-state index in [0.717, 1.165) is 57.8 Å². The molecule has 0 N–H and O–H groups in total. The molecule has 0 bridgehead atoms. The first-order chi connectivity index (χ1) is 29.0. The van der Waals surface area contributed by atoms with Crippen LogP contribution in [0.3, 0.4) is 0 Å². The molecule has 0 heterocycles. The summed E-state index contributed by atoms with van der Waals surface area (Å²) in [4.78, 5) is 37.8. The molecule has 0 aliphatic carbocycles. The Morgan fingerprint density at radius 2 is 0.695 bits per heavy atom. The number of unbranched alkanes of at least 4 members (excludes halogenated alkanes) is 21. The van der Waals surface area contributed by atoms with E-state index < -0.39 is 12.1 Å². The Morgan fingerprint density at radius 1 is 0.356 bits per heavy atom. The van der Waals surface area contributed by atoms with Gasteiger partial charge in [0.1, 0.15) is 13.2 Å². The Hall–Kier alpha value is -3.15. The van der Waals surface area contributed by atoms with Crippen LogP contribution in [0.2, 0.25) is 0 Å². The maximum absolute atomic E-state index is 12.7. The molecule has 0 aromatic rings. The van der Waals surface area contributed by atoms with Gasteiger partial charge in [-0.2, -0.15) is 0 Å². The van der Waals surface area contributed by atoms with Gasteiger partial charge in [0, 0.05) is 19.3 Å². The summed E-state index contributed by atoms with van der Waals surface area (Å²) in [6.45, 7) is 6.47. The normalized spacial score (nSPS) is 12.7. The van der Waals surface area contributed by atoms with E-state index in [4.69, 9.17) is 14.2 Å². The molecule has 0 fully saturated rings. The van der Waals surface area contributed by atoms with E-state index in [2.05, 4.69) is 81.5 Å². The van der Waals surface area contributed by atoms with Gasteiger partial charge in [0.25, 0.3) is 0 Å². The van der Waals surface area contributed by atoms with E-state index >= 15 is 0 Å². The first-order valence-corrected chi connectivity index (χ1v) is 24.5. The highest BCUT2D eigenvalue weighted by molar-refractivity contribution is 5.71. The predicted molar refractivity (Wildman–Crippen MR) is 251 cm³/mol. The zero-order valence-corrected chi connectivity index (χ0v) is 38.5. The van der Waals surface area contributed by atoms with E-state index in [1.807, 2.05) is 12.2 Å². The highest BCUT2D eigenvalue weighted by Crippen LogP contribution is 2.12. The van der Waals surface area contributed by atoms with E-state index in [-0.39, 0.29) is 38.0 Å². The molecule has 0 spiro atoms. The molecule has 1 unspecified atom stereocenters. The molecule has 338 valence electrons. The molecule has 59 heavy (non-hydrogen) atoms. The van der Waals surface area contributed by atoms with Crippen LogP contribution in [0, 0.1) is 0 Å². The summed E-state index contributed by atoms with van der Waals surface area (Å²) < 4.78 is 16.6. The summed E-state index contributed by atoms with van der Waals surface area (Å²) >= 11 is 0. The molecule has 6 heteroatoms. The number of esters is 3. The van der Waals surface area contributed by atoms with Gasteiger partial charge in [0.05, 0.1) is 0 Å². The molecular weight excluding hydrogens is 733 g/mol. The van der Waals surface area contributed by atoms with Gasteiger partial charge in [-0.05, 0) is 83.5 Å². The third-order valence-electron chi connectivity index (χ3n) is 10.2. The second-order valence-corrected chi connectivity index (χ2v) is 16.0. The van der Waals surface area contributed by atoms with Crippen LogP contribution in [-0.4, -0.2) is 37.2 Å². The minimum absolute atomic E-state index is 0.122. The summed E-state index contributed by atoms with van der Waals surface area (Å²) in [7, 11) is 0. The van der Waals surface area contributed by atoms with E-state index in [0.29, 0.717) is 19.3 Å². The lowest BCUT2D eigenvalue weighted by molar-refractivity contribution is -0.166. The molecule has 0 amide bonds. The van der Waals surface area contributed by atoms with Gasteiger partial charge in [0.2, 0.25) is 0 Å². The monoisotopic (exact) mass is 823 g/mol. The van der Waals surface area contributed by atoms with Crippen molar-refractivity contribution in [3.05, 3.63) is 72.9 Å². The molecule has 6 nitrogen and oxygen atoms in total. The first-order valence-electron chi connectivity index (χ1n) is 24.5. The quantitative estimate of drug-likeness (QED) is 0.0200. The molecule has 1 atom stereocenters. The number of hydrogen-bond acceptors (Lipinski definition) is 6. The van der Waals surface area contributed by atoms with Crippen molar-refractivity contribution in [2.45, 2.75) is 232 Å². The Morgan fingerprint density at radius 3 is 1.17 bits per heavy atom. The Kier molecular flexibility index (Phi) is 45.0. The molecule has 0 radical (unpaired) electrons. The van der Waals surface area contributed by atoms with Crippen LogP contribution in [0.1, 0.15) is 226 Å². The summed E-state index contributed by atoms with van der Waals surface area (Å²) in [6.07, 6.45) is 59.1. The number of rotatable bonds is 43. The van der Waals surface area contributed by atoms with Gasteiger partial charge >= 0.3 is 17.9 Å². The van der Waals surface area contributed by atoms with E-state index in [1.54, 1.807) is 0 Å². The third kappa shape index (κ3) is 45.8. The molecule has 0 saturated heterocycles. The SMILES string of the molecule is CCCCC/C=C\C=C/CCCCCCCCC(=O)OCC(COC(=O)CC/C=C\C/C=C\CCCCCCCC)OC(=O)CC/C=C\C/C=C\CCCCCCCC. The van der Waals surface area contributed by atoms with Crippen LogP contribution in [-0.2, 0) is 28.6 Å². The lowest BCUT2D eigenvalue weighted by Gasteiger charge is -2.18. The van der Waals surface area contributed by atoms with Gasteiger partial charge in [-0.25, -0.2) is 0 Å². The fourth-order valence-electron chi connectivity index (χ4n) is 6.48. The standard InChI is InChI=1S/C53H90O6/c1-4-7-10-13-16-19-22-25-26-29-31-34-37-40-43-46-52(55)58-49-50(59-53(56)47-44-41-38-35-32-28-24-21-18-15-12-9-6-3)48-57-51(54)45-42-39-36-33-30-27-23-20-17-14-11-8-5-2/h16,19,22,25,27-28,30,32,36,38-39,41,50H,4-15,17-18,20-21,23-24,26,29,31,33-35,37,40,42-49H2,1-3H3/b19-16-,25-22-,30-27-,32-28-,39-36-,41-38-. The van der Waals surface area contributed by atoms with Gasteiger partial charge in [-0.3, -0.25) is 14.4 Å². The minimum atomic E-state index is -0.831. The number of ether oxygens (including phenoxy) is 3. The zero-order chi connectivity index (χ0) is 43.0. The molecule has 0 aromatic heterocycles. The van der Waals surface area contributed by atoms with Crippen LogP contribution in [0.15, 0.2) is 72.9 Å². The third-order valence-corrected chi connectivity index (χ3v) is 10.2. The van der Waals surface area contributed by atoms with Gasteiger partial charge in [-0.1, -0.05) is 196 Å². The zero-order valence-electron chi connectivity index (χ0n) is 38.5. The maximum Gasteiger partial charge on any atom is 0.306 e. The molecular formula is C53H90O6. The lowest BCUT2D eigenvalue weighted by atomic mass is 10.1. The summed E-state index contributed by atoms with van der Waals surface area (Å²) in [6, 6.07) is 0. The van der Waals surface area contributed by atoms with Crippen molar-refractivity contribution in [2.75, 3.05) is 13.2 Å². The lowest BCUT2D eigenvalue weighted by Crippen LogP contribution is -2.30. The number of carbonyl (C=O) groups excluding carboxylic acids is 3. The van der Waals surface area contributed by atoms with Crippen molar-refractivity contribution in [1.29, 1.82) is 0 Å². The number of carbonyl (C=O) groups is 3. The molecule has 0 aliphatic heterocycles. The Labute approximate surface area is 363 Å². The van der Waals surface area contributed by atoms with Crippen molar-refractivity contribution in [1.82, 2.24) is 0 Å². The van der Waals surface area contributed by atoms with Crippen molar-refractivity contribution in [2.24, 2.45) is 0 Å². The Balaban J connectivity index is 4.53. The Bertz CT molecular complexity index is 1130. The number of hydrogen-bond donors (Lipinski definition) is 0. The van der Waals surface area contributed by atoms with Crippen LogP contribution in [0.25, 0.3) is 0 Å². The fraction of sp³-hybridized carbons (Fsp3) is 0.717. The minimum Gasteiger partial charge on any atom is -0.462 e. The van der Waals surface area contributed by atoms with Gasteiger partial charge in [-0.15, -0.1) is 0 Å². The summed E-state index contributed by atoms with van der Waals surface area (Å²) in [5, 5.41) is 0. The van der Waals surface area contributed by atoms with Crippen LogP contribution in [0.5, 0.6) is 0 Å². The fourth-order valence-corrected chi connectivity index (χ4v) is 6.48. The molecule has 0 saturated carbocycles. The largest absolute Gasteiger partial charge is 0.462 e. The smallest absolute Gasteiger partial charge is 0.306 e. The average Bonchev–Trinajstić information content (AvgIpc) is 3.23. The van der Waals surface area contributed by atoms with Crippen LogP contribution in [0.4, 0.5) is 0 Å². The summed E-state index contributed by atoms with van der Waals surface area (Å²) in [5.74, 6) is -1.07. The van der Waals surface area contributed by atoms with Crippen molar-refractivity contribution in [3.8, 4) is 0 Å². The highest BCUT2D eigenvalue weighted by atomic mass is 16.6. The number of allylic oxidation sites excluding steroid dienone is 12. The maximum atomic E-state index is 12.7. The molecule has 0 aromatic carbocycles. The average molecular weight is 823 g/mol. The van der Waals surface area contributed by atoms with Gasteiger partial charge in [0.15, 0.2) is 6.10 Å². The predicted octanol–water partition coefficient (Wildman–Crippen LogP) is 15.9. The van der Waals surface area contributed by atoms with Crippen molar-refractivity contribution >= 4 is 17.9 Å². The second-order valence-electron chi connectivity index (χ2n) is 16.0. The van der Waals surface area contributed by atoms with Gasteiger partial charge < -0.3 is 14.2 Å². The molecule has 0 rings (SSSR count). The van der Waals surface area contributed by atoms with E-state index in [9.17, 15) is 14.4 Å². The van der Waals surface area contributed by atoms with Crippen LogP contribution >= 0.6 is 0 Å². The topological polar surface area (TPSA) is 78.9 Å². The van der Waals surface area contributed by atoms with Crippen molar-refractivity contribution in [3.63, 3.8) is 0 Å². The van der Waals surface area contributed by atoms with Crippen molar-refractivity contribution < 1.29 is 28.6 Å². The second kappa shape index (κ2) is 47.5. The first kappa shape index (κ1) is 55.9. The summed E-state index contributed by atoms with van der Waals surface area (Å²) in [5.41, 5.74) is 0.